The summed E-state index contributed by atoms with van der Waals surface area (Å²) >= 11 is 0. The zero-order valence-corrected chi connectivity index (χ0v) is 17.8. The number of hydrogen-bond donors (Lipinski definition) is 2. The Morgan fingerprint density at radius 1 is 1.06 bits per heavy atom. The van der Waals surface area contributed by atoms with Crippen LogP contribution in [-0.2, 0) is 20.1 Å². The van der Waals surface area contributed by atoms with Crippen molar-refractivity contribution >= 4 is 13.7 Å². The smallest absolute Gasteiger partial charge is 0.469 e. The molecule has 1 atom stereocenters. The fourth-order valence-electron chi connectivity index (χ4n) is 3.56. The van der Waals surface area contributed by atoms with Crippen LogP contribution in [0.25, 0.3) is 0 Å². The van der Waals surface area contributed by atoms with Gasteiger partial charge in [-0.25, -0.2) is 4.57 Å². The summed E-state index contributed by atoms with van der Waals surface area (Å²) in [5, 5.41) is 0. The SMILES string of the molecule is O=C([C@H](COP(=O)(O)O)Oc1ccccc1)N1CCC(c2ccc(C(F)(F)F)cc2)CC1. The van der Waals surface area contributed by atoms with Crippen LogP contribution >= 0.6 is 7.82 Å². The lowest BCUT2D eigenvalue weighted by Gasteiger charge is -2.34. The molecular weight excluding hydrogens is 450 g/mol. The van der Waals surface area contributed by atoms with Gasteiger partial charge in [0.25, 0.3) is 5.91 Å². The molecule has 1 heterocycles. The van der Waals surface area contributed by atoms with Crippen LogP contribution in [0.2, 0.25) is 0 Å². The van der Waals surface area contributed by atoms with E-state index in [4.69, 9.17) is 14.5 Å². The van der Waals surface area contributed by atoms with Gasteiger partial charge in [-0.15, -0.1) is 0 Å². The Bertz CT molecular complexity index is 940. The second kappa shape index (κ2) is 10.0. The average Bonchev–Trinajstić information content (AvgIpc) is 2.76. The Kier molecular flexibility index (Phi) is 7.61. The van der Waals surface area contributed by atoms with Crippen LogP contribution in [0, 0.1) is 0 Å². The molecule has 0 bridgehead atoms. The van der Waals surface area contributed by atoms with Crippen LogP contribution in [0.15, 0.2) is 54.6 Å². The molecular formula is C21H23F3NO6P. The van der Waals surface area contributed by atoms with E-state index in [1.165, 1.54) is 17.0 Å². The molecule has 1 aliphatic rings. The van der Waals surface area contributed by atoms with Crippen molar-refractivity contribution < 1.29 is 41.6 Å². The number of para-hydroxylation sites is 1. The minimum absolute atomic E-state index is 0.00109. The molecule has 0 radical (unpaired) electrons. The van der Waals surface area contributed by atoms with Crippen molar-refractivity contribution in [2.24, 2.45) is 0 Å². The summed E-state index contributed by atoms with van der Waals surface area (Å²) in [4.78, 5) is 32.5. The van der Waals surface area contributed by atoms with E-state index in [2.05, 4.69) is 4.52 Å². The molecule has 2 aromatic carbocycles. The third-order valence-corrected chi connectivity index (χ3v) is 5.69. The Hall–Kier alpha value is -2.39. The molecule has 1 saturated heterocycles. The van der Waals surface area contributed by atoms with Gasteiger partial charge in [0.2, 0.25) is 6.10 Å². The van der Waals surface area contributed by atoms with Crippen molar-refractivity contribution in [2.45, 2.75) is 31.0 Å². The molecule has 3 rings (SSSR count). The molecule has 11 heteroatoms. The number of phosphoric ester groups is 1. The highest BCUT2D eigenvalue weighted by Gasteiger charge is 2.33. The summed E-state index contributed by atoms with van der Waals surface area (Å²) in [6, 6.07) is 13.4. The molecule has 32 heavy (non-hydrogen) atoms. The van der Waals surface area contributed by atoms with E-state index in [0.717, 1.165) is 17.7 Å². The highest BCUT2D eigenvalue weighted by molar-refractivity contribution is 7.46. The second-order valence-electron chi connectivity index (χ2n) is 7.43. The van der Waals surface area contributed by atoms with Gasteiger partial charge in [-0.05, 0) is 48.6 Å². The number of alkyl halides is 3. The molecule has 0 saturated carbocycles. The summed E-state index contributed by atoms with van der Waals surface area (Å²) in [5.41, 5.74) is 0.0619. The number of nitrogens with zero attached hydrogens (tertiary/aromatic N) is 1. The van der Waals surface area contributed by atoms with E-state index in [1.54, 1.807) is 30.3 Å². The van der Waals surface area contributed by atoms with Gasteiger partial charge in [-0.1, -0.05) is 30.3 Å². The van der Waals surface area contributed by atoms with Gasteiger partial charge in [-0.2, -0.15) is 13.2 Å². The third-order valence-electron chi connectivity index (χ3n) is 5.21. The number of amides is 1. The number of likely N-dealkylation sites (tertiary alicyclic amines) is 1. The van der Waals surface area contributed by atoms with E-state index >= 15 is 0 Å². The topological polar surface area (TPSA) is 96.3 Å². The molecule has 7 nitrogen and oxygen atoms in total. The number of piperidine rings is 1. The number of ether oxygens (including phenoxy) is 1. The number of carbonyl (C=O) groups is 1. The maximum absolute atomic E-state index is 13.0. The predicted molar refractivity (Wildman–Crippen MR) is 109 cm³/mol. The molecule has 2 aromatic rings. The zero-order valence-electron chi connectivity index (χ0n) is 16.9. The van der Waals surface area contributed by atoms with E-state index in [0.29, 0.717) is 31.7 Å². The predicted octanol–water partition coefficient (Wildman–Crippen LogP) is 3.97. The highest BCUT2D eigenvalue weighted by atomic mass is 31.2. The lowest BCUT2D eigenvalue weighted by Crippen LogP contribution is -2.47. The second-order valence-corrected chi connectivity index (χ2v) is 8.66. The monoisotopic (exact) mass is 473 g/mol. The molecule has 1 aliphatic heterocycles. The molecule has 0 spiro atoms. The normalized spacial score (nSPS) is 16.6. The van der Waals surface area contributed by atoms with Gasteiger partial charge in [0, 0.05) is 13.1 Å². The Labute approximate surface area is 183 Å². The van der Waals surface area contributed by atoms with Crippen LogP contribution < -0.4 is 4.74 Å². The molecule has 1 fully saturated rings. The number of phosphoric acid groups is 1. The van der Waals surface area contributed by atoms with Crippen LogP contribution in [0.3, 0.4) is 0 Å². The van der Waals surface area contributed by atoms with Crippen molar-refractivity contribution in [2.75, 3.05) is 19.7 Å². The van der Waals surface area contributed by atoms with E-state index in [1.807, 2.05) is 0 Å². The first-order valence-corrected chi connectivity index (χ1v) is 11.4. The molecule has 0 unspecified atom stereocenters. The standard InChI is InChI=1S/C21H23F3NO6P/c22-21(23,24)17-8-6-15(7-9-17)16-10-12-25(13-11-16)20(26)19(14-30-32(27,28)29)31-18-4-2-1-3-5-18/h1-9,16,19H,10-14H2,(H2,27,28,29)/t19-/m0/s1. The van der Waals surface area contributed by atoms with Gasteiger partial charge < -0.3 is 19.4 Å². The summed E-state index contributed by atoms with van der Waals surface area (Å²) in [6.07, 6.45) is -4.58. The van der Waals surface area contributed by atoms with Gasteiger partial charge >= 0.3 is 14.0 Å². The maximum Gasteiger partial charge on any atom is 0.469 e. The number of carbonyl (C=O) groups excluding carboxylic acids is 1. The first-order chi connectivity index (χ1) is 15.0. The van der Waals surface area contributed by atoms with Crippen molar-refractivity contribution in [1.82, 2.24) is 4.90 Å². The molecule has 1 amide bonds. The Morgan fingerprint density at radius 3 is 2.19 bits per heavy atom. The van der Waals surface area contributed by atoms with Crippen LogP contribution in [-0.4, -0.2) is 46.4 Å². The number of rotatable bonds is 7. The first kappa shape index (κ1) is 24.3. The highest BCUT2D eigenvalue weighted by Crippen LogP contribution is 2.36. The van der Waals surface area contributed by atoms with Crippen molar-refractivity contribution in [3.8, 4) is 5.75 Å². The number of hydrogen-bond acceptors (Lipinski definition) is 4. The number of halogens is 3. The van der Waals surface area contributed by atoms with E-state index in [9.17, 15) is 22.5 Å². The van der Waals surface area contributed by atoms with Crippen LogP contribution in [0.4, 0.5) is 13.2 Å². The van der Waals surface area contributed by atoms with Gasteiger partial charge in [-0.3, -0.25) is 9.32 Å². The van der Waals surface area contributed by atoms with Gasteiger partial charge in [0.15, 0.2) is 0 Å². The third kappa shape index (κ3) is 6.80. The van der Waals surface area contributed by atoms with Crippen LogP contribution in [0.5, 0.6) is 5.75 Å². The molecule has 2 N–H and O–H groups in total. The summed E-state index contributed by atoms with van der Waals surface area (Å²) < 4.78 is 59.5. The van der Waals surface area contributed by atoms with Crippen molar-refractivity contribution in [3.05, 3.63) is 65.7 Å². The van der Waals surface area contributed by atoms with Crippen molar-refractivity contribution in [3.63, 3.8) is 0 Å². The maximum atomic E-state index is 13.0. The largest absolute Gasteiger partial charge is 0.478 e. The minimum atomic E-state index is -4.80. The number of benzene rings is 2. The van der Waals surface area contributed by atoms with Gasteiger partial charge in [0.1, 0.15) is 12.4 Å². The van der Waals surface area contributed by atoms with E-state index < -0.39 is 38.2 Å². The molecule has 174 valence electrons. The summed E-state index contributed by atoms with van der Waals surface area (Å²) in [7, 11) is -4.80. The Morgan fingerprint density at radius 2 is 1.66 bits per heavy atom. The van der Waals surface area contributed by atoms with Crippen LogP contribution in [0.1, 0.15) is 29.9 Å². The Balaban J connectivity index is 1.63. The quantitative estimate of drug-likeness (QED) is 0.591. The van der Waals surface area contributed by atoms with Gasteiger partial charge in [0.05, 0.1) is 5.56 Å². The summed E-state index contributed by atoms with van der Waals surface area (Å²) in [5.74, 6) is -0.130. The fraction of sp³-hybridized carbons (Fsp3) is 0.381. The first-order valence-electron chi connectivity index (χ1n) is 9.90. The zero-order chi connectivity index (χ0) is 23.4. The lowest BCUT2D eigenvalue weighted by molar-refractivity contribution is -0.141. The average molecular weight is 473 g/mol. The minimum Gasteiger partial charge on any atom is -0.478 e. The van der Waals surface area contributed by atoms with Crippen molar-refractivity contribution in [1.29, 1.82) is 0 Å². The fourth-order valence-corrected chi connectivity index (χ4v) is 3.89. The molecule has 0 aliphatic carbocycles. The lowest BCUT2D eigenvalue weighted by atomic mass is 9.89. The molecule has 0 aromatic heterocycles. The summed E-state index contributed by atoms with van der Waals surface area (Å²) in [6.45, 7) is 0.0288. The van der Waals surface area contributed by atoms with E-state index in [-0.39, 0.29) is 5.92 Å².